The average Bonchev–Trinajstić information content (AvgIpc) is 3.52. The van der Waals surface area contributed by atoms with E-state index in [0.29, 0.717) is 54.5 Å². The molecule has 4 nitrogen and oxygen atoms in total. The van der Waals surface area contributed by atoms with Crippen molar-refractivity contribution >= 4 is 5.71 Å². The molecule has 0 aromatic heterocycles. The first-order valence-corrected chi connectivity index (χ1v) is 14.0. The van der Waals surface area contributed by atoms with Crippen molar-refractivity contribution in [1.82, 2.24) is 5.01 Å². The van der Waals surface area contributed by atoms with Crippen LogP contribution in [-0.2, 0) is 17.9 Å². The van der Waals surface area contributed by atoms with Crippen LogP contribution < -0.4 is 0 Å². The van der Waals surface area contributed by atoms with Gasteiger partial charge in [0.15, 0.2) is 0 Å². The number of allylic oxidation sites excluding steroid dienone is 1. The van der Waals surface area contributed by atoms with Gasteiger partial charge in [0.1, 0.15) is 17.7 Å². The molecule has 6 rings (SSSR count). The van der Waals surface area contributed by atoms with Crippen molar-refractivity contribution in [2.45, 2.75) is 81.2 Å². The lowest BCUT2D eigenvalue weighted by Gasteiger charge is -2.47. The molecule has 0 amide bonds. The molecule has 42 heavy (non-hydrogen) atoms. The van der Waals surface area contributed by atoms with Gasteiger partial charge in [0.05, 0.1) is 16.8 Å². The minimum atomic E-state index is -4.54. The summed E-state index contributed by atoms with van der Waals surface area (Å²) in [6, 6.07) is 14.0. The molecular formula is C32H26F6N4. The lowest BCUT2D eigenvalue weighted by Crippen LogP contribution is -2.54. The van der Waals surface area contributed by atoms with Gasteiger partial charge >= 0.3 is 12.4 Å². The van der Waals surface area contributed by atoms with Crippen LogP contribution in [0.15, 0.2) is 75.9 Å². The van der Waals surface area contributed by atoms with E-state index in [9.17, 15) is 36.9 Å². The quantitative estimate of drug-likeness (QED) is 0.264. The van der Waals surface area contributed by atoms with E-state index in [1.165, 1.54) is 29.3 Å². The van der Waals surface area contributed by atoms with Crippen molar-refractivity contribution in [2.24, 2.45) is 5.10 Å². The Morgan fingerprint density at radius 2 is 1.17 bits per heavy atom. The molecule has 0 bridgehead atoms. The Morgan fingerprint density at radius 1 is 0.643 bits per heavy atom. The lowest BCUT2D eigenvalue weighted by molar-refractivity contribution is -0.138. The van der Waals surface area contributed by atoms with Gasteiger partial charge in [0.2, 0.25) is 0 Å². The van der Waals surface area contributed by atoms with Gasteiger partial charge in [0.25, 0.3) is 5.54 Å². The molecule has 1 atom stereocenters. The number of nitrogens with zero attached hydrogens (tertiary/aromatic N) is 4. The van der Waals surface area contributed by atoms with Crippen LogP contribution in [0.5, 0.6) is 0 Å². The first-order chi connectivity index (χ1) is 20.0. The number of benzene rings is 2. The highest BCUT2D eigenvalue weighted by Crippen LogP contribution is 2.62. The van der Waals surface area contributed by atoms with Crippen molar-refractivity contribution in [3.8, 4) is 12.1 Å². The minimum absolute atomic E-state index is 0.393. The molecule has 2 heterocycles. The third-order valence-electron chi connectivity index (χ3n) is 9.06. The Balaban J connectivity index is 1.64. The van der Waals surface area contributed by atoms with Crippen molar-refractivity contribution in [1.29, 1.82) is 10.5 Å². The van der Waals surface area contributed by atoms with Crippen molar-refractivity contribution in [2.75, 3.05) is 0 Å². The fourth-order valence-electron chi connectivity index (χ4n) is 7.26. The molecule has 0 spiro atoms. The van der Waals surface area contributed by atoms with E-state index in [-0.39, 0.29) is 0 Å². The van der Waals surface area contributed by atoms with E-state index in [1.54, 1.807) is 0 Å². The normalized spacial score (nSPS) is 23.7. The number of hydrazone groups is 1. The third-order valence-corrected chi connectivity index (χ3v) is 9.06. The van der Waals surface area contributed by atoms with E-state index in [2.05, 4.69) is 12.1 Å². The number of hydrogen-bond acceptors (Lipinski definition) is 4. The van der Waals surface area contributed by atoms with Crippen LogP contribution in [0.25, 0.3) is 0 Å². The van der Waals surface area contributed by atoms with Crippen LogP contribution in [-0.4, -0.2) is 16.3 Å². The zero-order valence-electron chi connectivity index (χ0n) is 22.5. The van der Waals surface area contributed by atoms with Gasteiger partial charge in [-0.1, -0.05) is 37.1 Å². The molecule has 0 saturated carbocycles. The average molecular weight is 581 g/mol. The second-order valence-electron chi connectivity index (χ2n) is 11.2. The second-order valence-corrected chi connectivity index (χ2v) is 11.2. The highest BCUT2D eigenvalue weighted by atomic mass is 19.4. The standard InChI is InChI=1S/C32H26F6N4/c33-31(34,35)22-12-10-20(11-13-22)28-24-6-5-9-25(24)30(21-14-16-23(17-15-21)32(36,37)38)27-8-4-2-1-3-7-26(27)29(18-39,19-40)42(30)41-28/h10-17H,1-9H2. The van der Waals surface area contributed by atoms with Crippen LogP contribution in [0.3, 0.4) is 0 Å². The smallest absolute Gasteiger partial charge is 0.240 e. The molecule has 0 fully saturated rings. The Hall–Kier alpha value is -4.05. The summed E-state index contributed by atoms with van der Waals surface area (Å²) in [4.78, 5) is 0. The zero-order chi connectivity index (χ0) is 29.9. The maximum absolute atomic E-state index is 13.6. The van der Waals surface area contributed by atoms with Crippen LogP contribution in [0.2, 0.25) is 0 Å². The number of rotatable bonds is 2. The zero-order valence-corrected chi connectivity index (χ0v) is 22.5. The molecule has 2 aromatic carbocycles. The molecule has 2 aliphatic heterocycles. The van der Waals surface area contributed by atoms with Crippen LogP contribution in [0, 0.1) is 22.7 Å². The molecule has 0 N–H and O–H groups in total. The van der Waals surface area contributed by atoms with E-state index in [1.807, 2.05) is 0 Å². The molecule has 2 aromatic rings. The molecule has 0 radical (unpaired) electrons. The Labute approximate surface area is 239 Å². The number of fused-ring (bicyclic) bond motifs is 3. The van der Waals surface area contributed by atoms with Gasteiger partial charge in [-0.05, 0) is 97.1 Å². The first kappa shape index (κ1) is 28.1. The molecular weight excluding hydrogens is 554 g/mol. The Kier molecular flexibility index (Phi) is 6.53. The lowest BCUT2D eigenvalue weighted by atomic mass is 9.71. The van der Waals surface area contributed by atoms with Gasteiger partial charge in [-0.15, -0.1) is 0 Å². The summed E-state index contributed by atoms with van der Waals surface area (Å²) in [6.45, 7) is 0. The predicted octanol–water partition coefficient (Wildman–Crippen LogP) is 8.57. The van der Waals surface area contributed by atoms with Crippen LogP contribution in [0.4, 0.5) is 26.3 Å². The number of halogens is 6. The topological polar surface area (TPSA) is 63.2 Å². The third kappa shape index (κ3) is 3.99. The molecule has 2 aliphatic carbocycles. The van der Waals surface area contributed by atoms with Gasteiger partial charge in [-0.3, -0.25) is 0 Å². The summed E-state index contributed by atoms with van der Waals surface area (Å²) in [7, 11) is 0. The van der Waals surface area contributed by atoms with Gasteiger partial charge in [-0.25, -0.2) is 5.01 Å². The molecule has 216 valence electrons. The number of hydrogen-bond donors (Lipinski definition) is 0. The maximum atomic E-state index is 13.6. The number of alkyl halides is 6. The highest BCUT2D eigenvalue weighted by Gasteiger charge is 2.65. The van der Waals surface area contributed by atoms with E-state index in [0.717, 1.165) is 66.7 Å². The fourth-order valence-corrected chi connectivity index (χ4v) is 7.26. The summed E-state index contributed by atoms with van der Waals surface area (Å²) in [5.41, 5.74) is -0.214. The molecule has 10 heteroatoms. The number of nitriles is 2. The minimum Gasteiger partial charge on any atom is -0.240 e. The molecule has 0 saturated heterocycles. The maximum Gasteiger partial charge on any atom is 0.416 e. The van der Waals surface area contributed by atoms with Gasteiger partial charge < -0.3 is 0 Å². The summed E-state index contributed by atoms with van der Waals surface area (Å²) >= 11 is 0. The van der Waals surface area contributed by atoms with E-state index < -0.39 is 34.6 Å². The van der Waals surface area contributed by atoms with Gasteiger partial charge in [-0.2, -0.15) is 42.0 Å². The summed E-state index contributed by atoms with van der Waals surface area (Å²) in [6.07, 6.45) is -2.80. The van der Waals surface area contributed by atoms with E-state index >= 15 is 0 Å². The van der Waals surface area contributed by atoms with Crippen molar-refractivity contribution in [3.05, 3.63) is 93.1 Å². The SMILES string of the molecule is N#CC1(C#N)C2=C(CCCCCC2)C2(c3ccc(C(F)(F)F)cc3)C3=C(CCC3)C(c3ccc(C(F)(F)F)cc3)=NN12. The predicted molar refractivity (Wildman–Crippen MR) is 143 cm³/mol. The summed E-state index contributed by atoms with van der Waals surface area (Å²) in [5.74, 6) is 0. The van der Waals surface area contributed by atoms with Crippen molar-refractivity contribution < 1.29 is 26.3 Å². The Morgan fingerprint density at radius 3 is 1.71 bits per heavy atom. The fraction of sp³-hybridized carbons (Fsp3) is 0.406. The largest absolute Gasteiger partial charge is 0.416 e. The summed E-state index contributed by atoms with van der Waals surface area (Å²) < 4.78 is 80.7. The Bertz CT molecular complexity index is 1580. The summed E-state index contributed by atoms with van der Waals surface area (Å²) in [5, 5.41) is 27.8. The van der Waals surface area contributed by atoms with E-state index in [4.69, 9.17) is 5.10 Å². The highest BCUT2D eigenvalue weighted by molar-refractivity contribution is 6.14. The van der Waals surface area contributed by atoms with Crippen LogP contribution in [0.1, 0.15) is 80.0 Å². The van der Waals surface area contributed by atoms with Crippen LogP contribution >= 0.6 is 0 Å². The molecule has 1 unspecified atom stereocenters. The molecule has 4 aliphatic rings. The monoisotopic (exact) mass is 580 g/mol. The van der Waals surface area contributed by atoms with Gasteiger partial charge in [0, 0.05) is 5.56 Å². The van der Waals surface area contributed by atoms with Crippen molar-refractivity contribution in [3.63, 3.8) is 0 Å². The first-order valence-electron chi connectivity index (χ1n) is 14.0. The second kappa shape index (κ2) is 9.76.